The molecule has 2 heterocycles. The minimum Gasteiger partial charge on any atom is -0.486 e. The summed E-state index contributed by atoms with van der Waals surface area (Å²) in [5.74, 6) is 1.70. The smallest absolute Gasteiger partial charge is 0.250 e. The van der Waals surface area contributed by atoms with Gasteiger partial charge in [-0.1, -0.05) is 29.4 Å². The molecule has 0 unspecified atom stereocenters. The Morgan fingerprint density at radius 1 is 1.34 bits per heavy atom. The number of nitrogens with zero attached hydrogens (tertiary/aromatic N) is 4. The van der Waals surface area contributed by atoms with Crippen LogP contribution < -0.4 is 10.2 Å². The van der Waals surface area contributed by atoms with E-state index in [-0.39, 0.29) is 18.3 Å². The summed E-state index contributed by atoms with van der Waals surface area (Å²) >= 11 is 7.12. The number of thioether (sulfide) groups is 1. The topological polar surface area (TPSA) is 94.5 Å². The van der Waals surface area contributed by atoms with Crippen LogP contribution in [-0.4, -0.2) is 32.6 Å². The van der Waals surface area contributed by atoms with Gasteiger partial charge in [0.15, 0.2) is 11.0 Å². The monoisotopic (exact) mass is 431 g/mol. The molecule has 3 rings (SSSR count). The van der Waals surface area contributed by atoms with Crippen LogP contribution in [-0.2, 0) is 17.9 Å². The molecule has 8 nitrogen and oxygen atoms in total. The summed E-state index contributed by atoms with van der Waals surface area (Å²) < 4.78 is 12.7. The number of halogens is 1. The van der Waals surface area contributed by atoms with Gasteiger partial charge in [0.2, 0.25) is 0 Å². The van der Waals surface area contributed by atoms with Crippen molar-refractivity contribution in [3.63, 3.8) is 0 Å². The maximum absolute atomic E-state index is 12.0. The van der Waals surface area contributed by atoms with E-state index < -0.39 is 0 Å². The Morgan fingerprint density at radius 3 is 2.90 bits per heavy atom. The molecule has 0 fully saturated rings. The zero-order chi connectivity index (χ0) is 20.5. The molecule has 0 aliphatic rings. The van der Waals surface area contributed by atoms with E-state index in [1.165, 1.54) is 24.2 Å². The SMILES string of the molecule is C=CCn1c(COc2ccc(Cl)cc2)nnc1SCC(=O)N/N=C/c1ccco1. The van der Waals surface area contributed by atoms with Gasteiger partial charge in [0.1, 0.15) is 18.1 Å². The molecule has 29 heavy (non-hydrogen) atoms. The van der Waals surface area contributed by atoms with Crippen LogP contribution in [0.3, 0.4) is 0 Å². The number of nitrogens with one attached hydrogen (secondary N) is 1. The molecule has 0 atom stereocenters. The lowest BCUT2D eigenvalue weighted by Crippen LogP contribution is -2.20. The van der Waals surface area contributed by atoms with E-state index in [1.807, 2.05) is 4.57 Å². The minimum absolute atomic E-state index is 0.128. The van der Waals surface area contributed by atoms with Gasteiger partial charge in [-0.15, -0.1) is 16.8 Å². The molecule has 0 aliphatic heterocycles. The predicted molar refractivity (Wildman–Crippen MR) is 111 cm³/mol. The molecule has 0 saturated carbocycles. The van der Waals surface area contributed by atoms with Gasteiger partial charge in [-0.25, -0.2) is 5.43 Å². The van der Waals surface area contributed by atoms with Crippen molar-refractivity contribution >= 4 is 35.5 Å². The Labute approximate surface area is 176 Å². The maximum Gasteiger partial charge on any atom is 0.250 e. The molecular weight excluding hydrogens is 414 g/mol. The number of hydrogen-bond donors (Lipinski definition) is 1. The van der Waals surface area contributed by atoms with Crippen LogP contribution in [0.1, 0.15) is 11.6 Å². The molecule has 1 aromatic carbocycles. The molecule has 1 amide bonds. The number of carbonyl (C=O) groups excluding carboxylic acids is 1. The van der Waals surface area contributed by atoms with Crippen molar-refractivity contribution in [2.75, 3.05) is 5.75 Å². The fourth-order valence-corrected chi connectivity index (χ4v) is 3.10. The first-order valence-electron chi connectivity index (χ1n) is 8.55. The third-order valence-electron chi connectivity index (χ3n) is 3.54. The van der Waals surface area contributed by atoms with E-state index in [1.54, 1.807) is 42.5 Å². The van der Waals surface area contributed by atoms with E-state index in [4.69, 9.17) is 20.8 Å². The number of carbonyl (C=O) groups is 1. The second-order valence-corrected chi connectivity index (χ2v) is 7.02. The van der Waals surface area contributed by atoms with E-state index in [2.05, 4.69) is 27.3 Å². The average molecular weight is 432 g/mol. The van der Waals surface area contributed by atoms with Gasteiger partial charge in [0, 0.05) is 11.6 Å². The van der Waals surface area contributed by atoms with Gasteiger partial charge in [-0.2, -0.15) is 5.10 Å². The molecule has 2 aromatic heterocycles. The number of aromatic nitrogens is 3. The van der Waals surface area contributed by atoms with Crippen LogP contribution in [0, 0.1) is 0 Å². The van der Waals surface area contributed by atoms with Crippen molar-refractivity contribution in [3.05, 3.63) is 71.9 Å². The van der Waals surface area contributed by atoms with Crippen LogP contribution in [0.2, 0.25) is 5.02 Å². The van der Waals surface area contributed by atoms with Crippen LogP contribution in [0.15, 0.2) is 70.0 Å². The van der Waals surface area contributed by atoms with Gasteiger partial charge in [0.25, 0.3) is 5.91 Å². The fourth-order valence-electron chi connectivity index (χ4n) is 2.22. The largest absolute Gasteiger partial charge is 0.486 e. The summed E-state index contributed by atoms with van der Waals surface area (Å²) in [4.78, 5) is 12.0. The van der Waals surface area contributed by atoms with E-state index in [0.717, 1.165) is 0 Å². The van der Waals surface area contributed by atoms with Gasteiger partial charge in [0.05, 0.1) is 18.2 Å². The number of furan rings is 1. The second kappa shape index (κ2) is 10.5. The van der Waals surface area contributed by atoms with Crippen molar-refractivity contribution in [2.24, 2.45) is 5.10 Å². The summed E-state index contributed by atoms with van der Waals surface area (Å²) in [6.07, 6.45) is 4.68. The van der Waals surface area contributed by atoms with E-state index >= 15 is 0 Å². The van der Waals surface area contributed by atoms with Crippen molar-refractivity contribution < 1.29 is 13.9 Å². The van der Waals surface area contributed by atoms with Gasteiger partial charge in [-0.05, 0) is 36.4 Å². The molecule has 150 valence electrons. The third-order valence-corrected chi connectivity index (χ3v) is 4.76. The standard InChI is InChI=1S/C19H18ClN5O3S/c1-2-9-25-17(12-28-15-7-5-14(20)6-8-15)22-24-19(25)29-13-18(26)23-21-11-16-4-3-10-27-16/h2-8,10-11H,1,9,12-13H2,(H,23,26)/b21-11+. The quantitative estimate of drug-likeness (QED) is 0.228. The molecule has 0 bridgehead atoms. The van der Waals surface area contributed by atoms with Crippen molar-refractivity contribution in [2.45, 2.75) is 18.3 Å². The van der Waals surface area contributed by atoms with E-state index in [9.17, 15) is 4.79 Å². The lowest BCUT2D eigenvalue weighted by molar-refractivity contribution is -0.118. The number of hydrazone groups is 1. The zero-order valence-corrected chi connectivity index (χ0v) is 16.9. The van der Waals surface area contributed by atoms with Crippen LogP contribution >= 0.6 is 23.4 Å². The number of rotatable bonds is 10. The second-order valence-electron chi connectivity index (χ2n) is 5.64. The number of ether oxygens (including phenoxy) is 1. The summed E-state index contributed by atoms with van der Waals surface area (Å²) in [6, 6.07) is 10.5. The lowest BCUT2D eigenvalue weighted by atomic mass is 10.3. The molecule has 0 saturated heterocycles. The average Bonchev–Trinajstić information content (AvgIpc) is 3.37. The van der Waals surface area contributed by atoms with Crippen LogP contribution in [0.5, 0.6) is 5.75 Å². The van der Waals surface area contributed by atoms with Gasteiger partial charge >= 0.3 is 0 Å². The number of allylic oxidation sites excluding steroid dienone is 1. The normalized spacial score (nSPS) is 10.9. The third kappa shape index (κ3) is 6.23. The van der Waals surface area contributed by atoms with Crippen LogP contribution in [0.25, 0.3) is 0 Å². The van der Waals surface area contributed by atoms with E-state index in [0.29, 0.717) is 34.1 Å². The fraction of sp³-hybridized carbons (Fsp3) is 0.158. The summed E-state index contributed by atoms with van der Waals surface area (Å²) in [5.41, 5.74) is 2.44. The zero-order valence-electron chi connectivity index (χ0n) is 15.3. The molecule has 3 aromatic rings. The van der Waals surface area contributed by atoms with Crippen molar-refractivity contribution in [1.82, 2.24) is 20.2 Å². The minimum atomic E-state index is -0.273. The Hall–Kier alpha value is -3.04. The Balaban J connectivity index is 1.55. The summed E-state index contributed by atoms with van der Waals surface area (Å²) in [6.45, 7) is 4.48. The molecule has 10 heteroatoms. The maximum atomic E-state index is 12.0. The van der Waals surface area contributed by atoms with Crippen molar-refractivity contribution in [3.8, 4) is 5.75 Å². The number of amides is 1. The van der Waals surface area contributed by atoms with Crippen molar-refractivity contribution in [1.29, 1.82) is 0 Å². The van der Waals surface area contributed by atoms with Crippen LogP contribution in [0.4, 0.5) is 0 Å². The molecular formula is C19H18ClN5O3S. The molecule has 1 N–H and O–H groups in total. The highest BCUT2D eigenvalue weighted by atomic mass is 35.5. The number of benzene rings is 1. The first kappa shape index (κ1) is 20.7. The summed E-state index contributed by atoms with van der Waals surface area (Å²) in [7, 11) is 0. The lowest BCUT2D eigenvalue weighted by Gasteiger charge is -2.09. The van der Waals surface area contributed by atoms with Gasteiger partial charge < -0.3 is 9.15 Å². The Morgan fingerprint density at radius 2 is 2.17 bits per heavy atom. The molecule has 0 radical (unpaired) electrons. The Kier molecular flexibility index (Phi) is 7.48. The Bertz CT molecular complexity index is 970. The first-order chi connectivity index (χ1) is 14.2. The number of hydrogen-bond acceptors (Lipinski definition) is 7. The van der Waals surface area contributed by atoms with Gasteiger partial charge in [-0.3, -0.25) is 9.36 Å². The first-order valence-corrected chi connectivity index (χ1v) is 9.91. The molecule has 0 aliphatic carbocycles. The highest BCUT2D eigenvalue weighted by molar-refractivity contribution is 7.99. The highest BCUT2D eigenvalue weighted by Gasteiger charge is 2.14. The highest BCUT2D eigenvalue weighted by Crippen LogP contribution is 2.20. The summed E-state index contributed by atoms with van der Waals surface area (Å²) in [5, 5.41) is 13.4. The predicted octanol–water partition coefficient (Wildman–Crippen LogP) is 3.53. The molecule has 0 spiro atoms.